The molecular formula is C40H53Hf. The molecule has 41 heavy (non-hydrogen) atoms. The molecule has 217 valence electrons. The summed E-state index contributed by atoms with van der Waals surface area (Å²) in [6, 6.07) is 28.3. The molecule has 0 bridgehead atoms. The molecule has 1 heteroatoms. The summed E-state index contributed by atoms with van der Waals surface area (Å²) in [6.45, 7) is 4.91. The molecule has 0 saturated carbocycles. The van der Waals surface area contributed by atoms with Crippen molar-refractivity contribution in [3.8, 4) is 0 Å². The second-order valence-corrected chi connectivity index (χ2v) is 120. The zero-order valence-corrected chi connectivity index (χ0v) is 30.4. The molecule has 0 aliphatic heterocycles. The Morgan fingerprint density at radius 3 is 1.76 bits per heavy atom. The predicted octanol–water partition coefficient (Wildman–Crippen LogP) is 11.8. The molecular weight excluding hydrogens is 659 g/mol. The summed E-state index contributed by atoms with van der Waals surface area (Å²) in [6.07, 6.45) is 20.0. The average molecular weight is 712 g/mol. The maximum atomic E-state index is 2.90. The number of hydrogen-bond donors (Lipinski definition) is 0. The number of aryl methyl sites for hydroxylation is 2. The van der Waals surface area contributed by atoms with E-state index in [9.17, 15) is 0 Å². The number of hydrogen-bond acceptors (Lipinski definition) is 0. The van der Waals surface area contributed by atoms with Gasteiger partial charge in [0.1, 0.15) is 0 Å². The number of allylic oxidation sites excluding steroid dienone is 5. The van der Waals surface area contributed by atoms with Gasteiger partial charge < -0.3 is 0 Å². The van der Waals surface area contributed by atoms with Crippen molar-refractivity contribution in [3.63, 3.8) is 0 Å². The first kappa shape index (κ1) is 28.9. The van der Waals surface area contributed by atoms with Crippen molar-refractivity contribution in [3.05, 3.63) is 137 Å². The monoisotopic (exact) mass is 713 g/mol. The summed E-state index contributed by atoms with van der Waals surface area (Å²) >= 11 is -6.54. The van der Waals surface area contributed by atoms with Crippen LogP contribution >= 0.6 is 0 Å². The van der Waals surface area contributed by atoms with Gasteiger partial charge in [0.25, 0.3) is 0 Å². The van der Waals surface area contributed by atoms with Crippen molar-refractivity contribution in [2.24, 2.45) is 5.92 Å². The third kappa shape index (κ3) is 3.36. The Morgan fingerprint density at radius 2 is 1.24 bits per heavy atom. The van der Waals surface area contributed by atoms with Crippen molar-refractivity contribution in [2.45, 2.75) is 78.1 Å². The van der Waals surface area contributed by atoms with Gasteiger partial charge >= 0.3 is 239 Å². The van der Waals surface area contributed by atoms with E-state index in [0.717, 1.165) is 14.8 Å². The van der Waals surface area contributed by atoms with Gasteiger partial charge in [0.05, 0.1) is 0 Å². The van der Waals surface area contributed by atoms with Crippen LogP contribution in [0.1, 0.15) is 60.1 Å². The second kappa shape index (κ2) is 6.62. The number of rotatable bonds is 8. The molecule has 1 atom stereocenters. The Balaban J connectivity index is 1.90. The van der Waals surface area contributed by atoms with Gasteiger partial charge in [0, 0.05) is 0 Å². The quantitative estimate of drug-likeness (QED) is 0.204. The van der Waals surface area contributed by atoms with Crippen LogP contribution in [0.2, 0.25) is 27.1 Å². The molecule has 3 aliphatic carbocycles. The van der Waals surface area contributed by atoms with E-state index in [4.69, 9.17) is 0 Å². The normalized spacial score (nSPS) is 25.0. The zero-order chi connectivity index (χ0) is 29.4. The van der Waals surface area contributed by atoms with E-state index < -0.39 is 12.6 Å². The van der Waals surface area contributed by atoms with Gasteiger partial charge in [-0.05, 0) is 0 Å². The summed E-state index contributed by atoms with van der Waals surface area (Å²) in [5.41, 5.74) is 9.14. The summed E-state index contributed by atoms with van der Waals surface area (Å²) in [4.78, 5) is 0. The molecule has 0 aromatic heterocycles. The predicted molar refractivity (Wildman–Crippen MR) is 180 cm³/mol. The SMILES string of the molecule is CC(C)C[C]1([Hf]([CH3])([CH3])([CH3])([CH3])([CH3])([CH2]c2ccccc2)([CH2]c2ccccc2)[CH]2C=CC=C2)C=Cc2cc3c(cc21)CCC3. The Labute approximate surface area is 238 Å². The van der Waals surface area contributed by atoms with Gasteiger partial charge in [0.2, 0.25) is 0 Å². The van der Waals surface area contributed by atoms with Crippen LogP contribution in [-0.4, -0.2) is 0 Å². The summed E-state index contributed by atoms with van der Waals surface area (Å²) in [7, 11) is 0. The van der Waals surface area contributed by atoms with Crippen LogP contribution in [0.15, 0.2) is 103 Å². The summed E-state index contributed by atoms with van der Waals surface area (Å²) < 4.78 is 16.7. The van der Waals surface area contributed by atoms with E-state index in [1.54, 1.807) is 16.7 Å². The Morgan fingerprint density at radius 1 is 0.732 bits per heavy atom. The van der Waals surface area contributed by atoms with E-state index in [-0.39, 0.29) is 6.85 Å². The van der Waals surface area contributed by atoms with Crippen LogP contribution in [0.4, 0.5) is 0 Å². The molecule has 6 rings (SSSR count). The van der Waals surface area contributed by atoms with E-state index >= 15 is 0 Å². The first-order chi connectivity index (χ1) is 18.8. The van der Waals surface area contributed by atoms with Crippen molar-refractivity contribution < 1.29 is 12.6 Å². The minimum absolute atomic E-state index is 0.182. The fraction of sp³-hybridized carbons (Fsp3) is 0.400. The van der Waals surface area contributed by atoms with Crippen LogP contribution < -0.4 is 0 Å². The van der Waals surface area contributed by atoms with Crippen LogP contribution in [0.25, 0.3) is 6.08 Å². The van der Waals surface area contributed by atoms with Crippen LogP contribution in [-0.2, 0) is 37.0 Å². The Bertz CT molecular complexity index is 1670. The molecule has 3 aliphatic rings. The third-order valence-corrected chi connectivity index (χ3v) is 77.5. The molecule has 0 spiro atoms. The van der Waals surface area contributed by atoms with Crippen LogP contribution in [0.3, 0.4) is 0 Å². The van der Waals surface area contributed by atoms with Crippen molar-refractivity contribution >= 4 is 6.08 Å². The van der Waals surface area contributed by atoms with E-state index in [2.05, 4.69) is 147 Å². The molecule has 3 aromatic rings. The molecule has 3 aromatic carbocycles. The number of benzene rings is 3. The maximum absolute atomic E-state index is 6.54. The van der Waals surface area contributed by atoms with Crippen molar-refractivity contribution in [2.75, 3.05) is 0 Å². The van der Waals surface area contributed by atoms with Gasteiger partial charge in [-0.3, -0.25) is 0 Å². The average Bonchev–Trinajstić information content (AvgIpc) is 3.65. The molecule has 0 amide bonds. The first-order valence-electron chi connectivity index (χ1n) is 16.4. The number of fused-ring (bicyclic) bond motifs is 2. The van der Waals surface area contributed by atoms with Gasteiger partial charge in [-0.25, -0.2) is 0 Å². The summed E-state index contributed by atoms with van der Waals surface area (Å²) in [5.74, 6) is 0.527. The van der Waals surface area contributed by atoms with Crippen LogP contribution in [0, 0.1) is 5.92 Å². The second-order valence-electron chi connectivity index (χ2n) is 23.0. The molecule has 0 radical (unpaired) electrons. The molecule has 0 saturated heterocycles. The fourth-order valence-electron chi connectivity index (χ4n) is 12.2. The molecule has 0 nitrogen and oxygen atoms in total. The molecule has 1 unspecified atom stereocenters. The van der Waals surface area contributed by atoms with Gasteiger partial charge in [-0.1, -0.05) is 0 Å². The van der Waals surface area contributed by atoms with E-state index in [1.807, 2.05) is 0 Å². The van der Waals surface area contributed by atoms with Crippen molar-refractivity contribution in [1.29, 1.82) is 0 Å². The standard InChI is InChI=1S/C16H19.2C7H7.C5H5.5CH3.Hf/c1-11(2)8-14-6-7-15-9-12-4-3-5-13(12)10-16(14)15;2*1-7-5-3-2-4-6-7;1-2-4-5-3-1;;;;;;/h6-7,9-11H,3-5,8H2,1-2H3;2*2-6H,1H2;1-5H;5*1H3;. The van der Waals surface area contributed by atoms with Crippen molar-refractivity contribution in [1.82, 2.24) is 0 Å². The molecule has 0 heterocycles. The minimum atomic E-state index is -6.54. The van der Waals surface area contributed by atoms with Gasteiger partial charge in [-0.2, -0.15) is 0 Å². The van der Waals surface area contributed by atoms with E-state index in [0.29, 0.717) is 5.92 Å². The van der Waals surface area contributed by atoms with Gasteiger partial charge in [-0.15, -0.1) is 0 Å². The topological polar surface area (TPSA) is 0 Å². The van der Waals surface area contributed by atoms with Gasteiger partial charge in [0.15, 0.2) is 0 Å². The fourth-order valence-corrected chi connectivity index (χ4v) is 69.3. The Kier molecular flexibility index (Phi) is 4.66. The third-order valence-electron chi connectivity index (χ3n) is 14.7. The summed E-state index contributed by atoms with van der Waals surface area (Å²) in [5, 5.41) is 0. The first-order valence-corrected chi connectivity index (χ1v) is 43.3. The Hall–Kier alpha value is -2.25. The molecule has 0 N–H and O–H groups in total. The zero-order valence-electron chi connectivity index (χ0n) is 26.8. The molecule has 0 fully saturated rings. The van der Waals surface area contributed by atoms with Crippen LogP contribution in [0.5, 0.6) is 0 Å². The van der Waals surface area contributed by atoms with E-state index in [1.165, 1.54) is 36.0 Å².